The van der Waals surface area contributed by atoms with Crippen molar-refractivity contribution in [2.24, 2.45) is 17.8 Å². The smallest absolute Gasteiger partial charge is 0.238 e. The number of hydrogen-bond donors (Lipinski definition) is 1. The standard InChI is InChI=1S/C38H31NO7/c1-21-19-31(41)30-20-29-27(32(34(30)35(21)42)22-9-13-26(14-10-22)46-18-17-40)15-16-28-33(29)38(45)39(37(28)44)25-11-7-24(8-12-25)36(43)23-5-3-2-4-6-23/h2-15,19,28-29,32-33,40H,16-18,20H2,1H3/t28-,29+,32-,33-/m0/s1. The second-order valence-electron chi connectivity index (χ2n) is 12.1. The second kappa shape index (κ2) is 11.6. The normalized spacial score (nSPS) is 23.8. The number of fused-ring (bicyclic) bond motifs is 3. The van der Waals surface area contributed by atoms with Crippen LogP contribution >= 0.6 is 0 Å². The van der Waals surface area contributed by atoms with Gasteiger partial charge in [-0.05, 0) is 73.7 Å². The third kappa shape index (κ3) is 4.77. The number of amides is 2. The molecule has 4 atom stereocenters. The van der Waals surface area contributed by atoms with E-state index in [1.807, 2.05) is 24.3 Å². The summed E-state index contributed by atoms with van der Waals surface area (Å²) in [4.78, 5) is 69.1. The Morgan fingerprint density at radius 3 is 2.26 bits per heavy atom. The molecule has 0 bridgehead atoms. The number of allylic oxidation sites excluding steroid dienone is 6. The lowest BCUT2D eigenvalue weighted by molar-refractivity contribution is -0.123. The van der Waals surface area contributed by atoms with Gasteiger partial charge < -0.3 is 9.84 Å². The number of nitrogens with zero attached hydrogens (tertiary/aromatic N) is 1. The van der Waals surface area contributed by atoms with Gasteiger partial charge in [0.2, 0.25) is 11.8 Å². The Bertz CT molecular complexity index is 1880. The predicted molar refractivity (Wildman–Crippen MR) is 169 cm³/mol. The van der Waals surface area contributed by atoms with Gasteiger partial charge in [-0.25, -0.2) is 0 Å². The zero-order chi connectivity index (χ0) is 32.1. The third-order valence-corrected chi connectivity index (χ3v) is 9.56. The molecule has 4 aliphatic rings. The molecule has 1 heterocycles. The minimum Gasteiger partial charge on any atom is -0.491 e. The third-order valence-electron chi connectivity index (χ3n) is 9.56. The highest BCUT2D eigenvalue weighted by Crippen LogP contribution is 2.55. The number of ether oxygens (including phenoxy) is 1. The van der Waals surface area contributed by atoms with Crippen LogP contribution in [0.2, 0.25) is 0 Å². The van der Waals surface area contributed by atoms with Gasteiger partial charge in [-0.2, -0.15) is 0 Å². The van der Waals surface area contributed by atoms with Crippen LogP contribution in [0.1, 0.15) is 47.2 Å². The summed E-state index contributed by atoms with van der Waals surface area (Å²) in [5.74, 6) is -2.99. The SMILES string of the molecule is CC1=CC(=O)C2=C(C1=O)[C@@H](c1ccc(OCCO)cc1)C1=CC[C@@H]3C(=O)N(c4ccc(C(=O)c5ccccc5)cc4)C(=O)[C@@H]3[C@@H]1C2. The number of hydrogen-bond acceptors (Lipinski definition) is 7. The number of Topliss-reactive ketones (excluding diaryl/α,β-unsaturated/α-hetero) is 1. The van der Waals surface area contributed by atoms with E-state index in [4.69, 9.17) is 9.84 Å². The minimum absolute atomic E-state index is 0.125. The lowest BCUT2D eigenvalue weighted by Crippen LogP contribution is -2.39. The number of aliphatic hydroxyl groups excluding tert-OH is 1. The van der Waals surface area contributed by atoms with Crippen molar-refractivity contribution < 1.29 is 33.8 Å². The molecule has 8 heteroatoms. The van der Waals surface area contributed by atoms with Crippen LogP contribution in [0, 0.1) is 17.8 Å². The fraction of sp³-hybridized carbons (Fsp3) is 0.237. The molecule has 2 amide bonds. The van der Waals surface area contributed by atoms with Gasteiger partial charge in [0.05, 0.1) is 24.1 Å². The molecule has 3 aliphatic carbocycles. The van der Waals surface area contributed by atoms with Crippen molar-refractivity contribution in [1.29, 1.82) is 0 Å². The first kappa shape index (κ1) is 29.5. The summed E-state index contributed by atoms with van der Waals surface area (Å²) in [6, 6.07) is 22.6. The van der Waals surface area contributed by atoms with Crippen molar-refractivity contribution in [3.63, 3.8) is 0 Å². The topological polar surface area (TPSA) is 118 Å². The first-order chi connectivity index (χ1) is 22.3. The molecule has 7 rings (SSSR count). The maximum absolute atomic E-state index is 14.2. The Labute approximate surface area is 265 Å². The van der Waals surface area contributed by atoms with E-state index in [0.717, 1.165) is 11.1 Å². The number of benzene rings is 3. The molecule has 0 radical (unpaired) electrons. The van der Waals surface area contributed by atoms with Crippen LogP contribution in [0.25, 0.3) is 0 Å². The molecule has 230 valence electrons. The maximum atomic E-state index is 14.2. The van der Waals surface area contributed by atoms with E-state index in [1.165, 1.54) is 11.0 Å². The van der Waals surface area contributed by atoms with E-state index in [1.54, 1.807) is 67.6 Å². The Hall–Kier alpha value is -5.21. The number of carbonyl (C=O) groups is 5. The molecule has 1 aliphatic heterocycles. The Balaban J connectivity index is 1.23. The molecule has 1 fully saturated rings. The van der Waals surface area contributed by atoms with Crippen molar-refractivity contribution in [2.75, 3.05) is 18.1 Å². The summed E-state index contributed by atoms with van der Waals surface area (Å²) in [5.41, 5.74) is 4.23. The molecule has 0 unspecified atom stereocenters. The Morgan fingerprint density at radius 1 is 0.870 bits per heavy atom. The van der Waals surface area contributed by atoms with Gasteiger partial charge in [-0.3, -0.25) is 28.9 Å². The van der Waals surface area contributed by atoms with E-state index < -0.39 is 23.7 Å². The quantitative estimate of drug-likeness (QED) is 0.174. The summed E-state index contributed by atoms with van der Waals surface area (Å²) in [6.07, 6.45) is 3.88. The number of ketones is 3. The summed E-state index contributed by atoms with van der Waals surface area (Å²) >= 11 is 0. The minimum atomic E-state index is -0.697. The molecule has 3 aromatic carbocycles. The van der Waals surface area contributed by atoms with Gasteiger partial charge in [0.25, 0.3) is 0 Å². The summed E-state index contributed by atoms with van der Waals surface area (Å²) in [7, 11) is 0. The van der Waals surface area contributed by atoms with E-state index >= 15 is 0 Å². The van der Waals surface area contributed by atoms with Crippen LogP contribution in [0.3, 0.4) is 0 Å². The largest absolute Gasteiger partial charge is 0.491 e. The lowest BCUT2D eigenvalue weighted by Gasteiger charge is -2.42. The molecule has 3 aromatic rings. The van der Waals surface area contributed by atoms with Crippen LogP contribution in [0.4, 0.5) is 5.69 Å². The molecule has 0 saturated carbocycles. The van der Waals surface area contributed by atoms with Crippen LogP contribution < -0.4 is 9.64 Å². The average molecular weight is 614 g/mol. The predicted octanol–water partition coefficient (Wildman–Crippen LogP) is 4.92. The molecule has 0 spiro atoms. The molecule has 0 aromatic heterocycles. The van der Waals surface area contributed by atoms with E-state index in [9.17, 15) is 24.0 Å². The van der Waals surface area contributed by atoms with Gasteiger partial charge in [-0.1, -0.05) is 54.1 Å². The molecule has 1 saturated heterocycles. The zero-order valence-corrected chi connectivity index (χ0v) is 25.1. The van der Waals surface area contributed by atoms with Gasteiger partial charge in [0.15, 0.2) is 17.3 Å². The number of aliphatic hydroxyl groups is 1. The van der Waals surface area contributed by atoms with Crippen molar-refractivity contribution in [3.05, 3.63) is 130 Å². The monoisotopic (exact) mass is 613 g/mol. The van der Waals surface area contributed by atoms with Gasteiger partial charge in [-0.15, -0.1) is 0 Å². The highest BCUT2D eigenvalue weighted by molar-refractivity contribution is 6.25. The van der Waals surface area contributed by atoms with Crippen LogP contribution in [0.5, 0.6) is 5.75 Å². The Kier molecular flexibility index (Phi) is 7.45. The zero-order valence-electron chi connectivity index (χ0n) is 25.1. The number of anilines is 1. The van der Waals surface area contributed by atoms with Crippen molar-refractivity contribution >= 4 is 34.9 Å². The fourth-order valence-corrected chi connectivity index (χ4v) is 7.43. The fourth-order valence-electron chi connectivity index (χ4n) is 7.43. The molecule has 8 nitrogen and oxygen atoms in total. The first-order valence-corrected chi connectivity index (χ1v) is 15.4. The van der Waals surface area contributed by atoms with E-state index in [2.05, 4.69) is 0 Å². The highest BCUT2D eigenvalue weighted by Gasteiger charge is 2.56. The van der Waals surface area contributed by atoms with Gasteiger partial charge in [0, 0.05) is 33.8 Å². The summed E-state index contributed by atoms with van der Waals surface area (Å²) in [5, 5.41) is 9.13. The van der Waals surface area contributed by atoms with Crippen LogP contribution in [0.15, 0.2) is 113 Å². The van der Waals surface area contributed by atoms with Crippen LogP contribution in [-0.2, 0) is 19.2 Å². The van der Waals surface area contributed by atoms with E-state index in [-0.39, 0.29) is 48.8 Å². The molecule has 46 heavy (non-hydrogen) atoms. The first-order valence-electron chi connectivity index (χ1n) is 15.4. The molecule has 1 N–H and O–H groups in total. The average Bonchev–Trinajstić information content (AvgIpc) is 3.34. The number of rotatable bonds is 7. The number of carbonyl (C=O) groups excluding carboxylic acids is 5. The van der Waals surface area contributed by atoms with Crippen molar-refractivity contribution in [2.45, 2.75) is 25.7 Å². The van der Waals surface area contributed by atoms with Gasteiger partial charge >= 0.3 is 0 Å². The number of imide groups is 1. The van der Waals surface area contributed by atoms with Crippen LogP contribution in [-0.4, -0.2) is 47.5 Å². The van der Waals surface area contributed by atoms with E-state index in [0.29, 0.717) is 45.7 Å². The van der Waals surface area contributed by atoms with Crippen molar-refractivity contribution in [3.8, 4) is 5.75 Å². The second-order valence-corrected chi connectivity index (χ2v) is 12.1. The lowest BCUT2D eigenvalue weighted by atomic mass is 9.59. The Morgan fingerprint density at radius 2 is 1.57 bits per heavy atom. The van der Waals surface area contributed by atoms with Gasteiger partial charge in [0.1, 0.15) is 12.4 Å². The highest BCUT2D eigenvalue weighted by atomic mass is 16.5. The van der Waals surface area contributed by atoms with Crippen molar-refractivity contribution in [1.82, 2.24) is 0 Å². The molecular weight excluding hydrogens is 582 g/mol. The summed E-state index contributed by atoms with van der Waals surface area (Å²) in [6.45, 7) is 1.66. The summed E-state index contributed by atoms with van der Waals surface area (Å²) < 4.78 is 5.53. The molecular formula is C38H31NO7. The maximum Gasteiger partial charge on any atom is 0.238 e.